The summed E-state index contributed by atoms with van der Waals surface area (Å²) < 4.78 is 49.5. The van der Waals surface area contributed by atoms with Crippen LogP contribution < -0.4 is 15.3 Å². The summed E-state index contributed by atoms with van der Waals surface area (Å²) in [6, 6.07) is 4.09. The van der Waals surface area contributed by atoms with Crippen LogP contribution in [0.2, 0.25) is 0 Å². The molecule has 29 heavy (non-hydrogen) atoms. The second-order valence-electron chi connectivity index (χ2n) is 5.99. The van der Waals surface area contributed by atoms with E-state index in [-0.39, 0.29) is 31.7 Å². The third kappa shape index (κ3) is 6.47. The minimum atomic E-state index is -4.93. The Bertz CT molecular complexity index is 952. The molecule has 0 bridgehead atoms. The molecule has 0 spiro atoms. The molecule has 5 N–H and O–H groups in total. The Morgan fingerprint density at radius 2 is 2.03 bits per heavy atom. The Hall–Kier alpha value is -2.58. The van der Waals surface area contributed by atoms with Crippen LogP contribution in [0.4, 0.5) is 10.5 Å². The van der Waals surface area contributed by atoms with E-state index in [4.69, 9.17) is 14.8 Å². The summed E-state index contributed by atoms with van der Waals surface area (Å²) in [5, 5.41) is 12.9. The van der Waals surface area contributed by atoms with Crippen LogP contribution in [0, 0.1) is 10.1 Å². The van der Waals surface area contributed by atoms with Gasteiger partial charge in [0, 0.05) is 18.7 Å². The molecule has 1 aliphatic rings. The molecule has 160 valence electrons. The molecule has 1 aliphatic heterocycles. The Morgan fingerprint density at radius 1 is 1.41 bits per heavy atom. The molecule has 14 nitrogen and oxygen atoms in total. The minimum Gasteiger partial charge on any atom is -0.445 e. The topological polar surface area (TPSA) is 211 Å². The number of piperidine rings is 1. The predicted molar refractivity (Wildman–Crippen MR) is 97.6 cm³/mol. The van der Waals surface area contributed by atoms with Crippen LogP contribution >= 0.6 is 7.59 Å². The lowest BCUT2D eigenvalue weighted by Crippen LogP contribution is -2.53. The van der Waals surface area contributed by atoms with Gasteiger partial charge in [0.1, 0.15) is 12.6 Å². The van der Waals surface area contributed by atoms with Crippen LogP contribution in [0.5, 0.6) is 0 Å². The van der Waals surface area contributed by atoms with Gasteiger partial charge in [0.15, 0.2) is 0 Å². The molecule has 1 fully saturated rings. The normalized spacial score (nSPS) is 19.3. The Labute approximate surface area is 164 Å². The van der Waals surface area contributed by atoms with Crippen LogP contribution in [-0.2, 0) is 31.0 Å². The van der Waals surface area contributed by atoms with E-state index in [1.165, 1.54) is 28.8 Å². The van der Waals surface area contributed by atoms with Crippen molar-refractivity contribution in [3.8, 4) is 0 Å². The number of hydrogen-bond acceptors (Lipinski definition) is 8. The number of ether oxygens (including phenoxy) is 1. The number of nitrogens with one attached hydrogen (secondary N) is 2. The number of rotatable bonds is 7. The summed E-state index contributed by atoms with van der Waals surface area (Å²) in [5.41, 5.74) is 5.68. The van der Waals surface area contributed by atoms with Crippen LogP contribution in [0.15, 0.2) is 24.3 Å². The molecule has 1 heterocycles. The summed E-state index contributed by atoms with van der Waals surface area (Å²) in [4.78, 5) is 34.3. The first kappa shape index (κ1) is 22.7. The fraction of sp³-hybridized carbons (Fsp3) is 0.385. The molecular formula is C13H18N5O9PS. The number of carbonyl (C=O) groups excluding carboxylic acids is 2. The first-order valence-corrected chi connectivity index (χ1v) is 11.2. The second kappa shape index (κ2) is 8.84. The third-order valence-corrected chi connectivity index (χ3v) is 6.91. The first-order valence-electron chi connectivity index (χ1n) is 8.02. The highest BCUT2D eigenvalue weighted by atomic mass is 32.2. The summed E-state index contributed by atoms with van der Waals surface area (Å²) in [6.07, 6.45) is -0.584. The monoisotopic (exact) mass is 451 g/mol. The lowest BCUT2D eigenvalue weighted by molar-refractivity contribution is -0.384. The van der Waals surface area contributed by atoms with E-state index < -0.39 is 40.9 Å². The molecular weight excluding hydrogens is 433 g/mol. The van der Waals surface area contributed by atoms with Crippen molar-refractivity contribution in [3.05, 3.63) is 39.9 Å². The molecule has 0 aromatic heterocycles. The molecule has 1 aromatic carbocycles. The number of nitro groups is 1. The van der Waals surface area contributed by atoms with Crippen molar-refractivity contribution in [1.82, 2.24) is 14.5 Å². The average Bonchev–Trinajstić information content (AvgIpc) is 2.60. The molecule has 0 unspecified atom stereocenters. The van der Waals surface area contributed by atoms with Crippen molar-refractivity contribution in [1.29, 1.82) is 0 Å². The van der Waals surface area contributed by atoms with E-state index >= 15 is 0 Å². The maximum absolute atomic E-state index is 12.4. The van der Waals surface area contributed by atoms with Crippen LogP contribution in [0.25, 0.3) is 0 Å². The molecule has 16 heteroatoms. The zero-order chi connectivity index (χ0) is 21.8. The number of amides is 2. The fourth-order valence-corrected chi connectivity index (χ4v) is 5.14. The predicted octanol–water partition coefficient (Wildman–Crippen LogP) is 0.271. The summed E-state index contributed by atoms with van der Waals surface area (Å²) in [7, 11) is -9.38. The zero-order valence-corrected chi connectivity index (χ0v) is 16.5. The van der Waals surface area contributed by atoms with E-state index in [1.54, 1.807) is 0 Å². The maximum atomic E-state index is 12.4. The largest absolute Gasteiger partial charge is 0.445 e. The average molecular weight is 451 g/mol. The lowest BCUT2D eigenvalue weighted by atomic mass is 10.1. The first-order chi connectivity index (χ1) is 13.4. The SMILES string of the molecule is N[P@](=O)(NS(=O)(=O)O)N1CCC[C@@H](NC(=O)OCc2ccc([N+](=O)[O-])cc2)C1=O. The van der Waals surface area contributed by atoms with Crippen molar-refractivity contribution in [2.24, 2.45) is 5.50 Å². The van der Waals surface area contributed by atoms with Gasteiger partial charge in [0.05, 0.1) is 4.92 Å². The van der Waals surface area contributed by atoms with Gasteiger partial charge in [-0.05, 0) is 30.5 Å². The molecule has 2 rings (SSSR count). The number of hydrogen-bond donors (Lipinski definition) is 4. The minimum absolute atomic E-state index is 0.129. The number of carbonyl (C=O) groups is 2. The summed E-state index contributed by atoms with van der Waals surface area (Å²) in [6.45, 7) is -0.376. The van der Waals surface area contributed by atoms with Crippen molar-refractivity contribution >= 4 is 35.6 Å². The number of nitro benzene ring substituents is 1. The lowest BCUT2D eigenvalue weighted by Gasteiger charge is -2.35. The summed E-state index contributed by atoms with van der Waals surface area (Å²) >= 11 is 0. The quantitative estimate of drug-likeness (QED) is 0.192. The number of nitrogens with two attached hydrogens (primary N) is 1. The molecule has 0 saturated carbocycles. The van der Waals surface area contributed by atoms with Crippen molar-refractivity contribution in [2.45, 2.75) is 25.5 Å². The van der Waals surface area contributed by atoms with Gasteiger partial charge in [0.2, 0.25) is 0 Å². The van der Waals surface area contributed by atoms with Gasteiger partial charge in [-0.1, -0.05) is 0 Å². The highest BCUT2D eigenvalue weighted by Gasteiger charge is 2.40. The van der Waals surface area contributed by atoms with Crippen molar-refractivity contribution < 1.29 is 36.8 Å². The Kier molecular flexibility index (Phi) is 6.92. The van der Waals surface area contributed by atoms with Gasteiger partial charge in [-0.15, -0.1) is 4.49 Å². The fourth-order valence-electron chi connectivity index (χ4n) is 2.55. The number of alkyl carbamates (subject to hydrolysis) is 1. The van der Waals surface area contributed by atoms with Gasteiger partial charge in [-0.3, -0.25) is 34.2 Å². The maximum Gasteiger partial charge on any atom is 0.408 e. The molecule has 1 aromatic rings. The second-order valence-corrected chi connectivity index (χ2v) is 9.40. The van der Waals surface area contributed by atoms with Crippen LogP contribution in [-0.4, -0.2) is 47.2 Å². The highest BCUT2D eigenvalue weighted by molar-refractivity contribution is 7.90. The van der Waals surface area contributed by atoms with Crippen molar-refractivity contribution in [2.75, 3.05) is 6.54 Å². The van der Waals surface area contributed by atoms with Crippen LogP contribution in [0.3, 0.4) is 0 Å². The van der Waals surface area contributed by atoms with E-state index in [1.807, 2.05) is 0 Å². The Morgan fingerprint density at radius 3 is 2.59 bits per heavy atom. The molecule has 2 amide bonds. The standard InChI is InChI=1S/C13H18N5O9PS/c14-28(23,16-29(24,25)26)17-7-1-2-11(12(17)19)15-13(20)27-8-9-3-5-10(6-4-9)18(21)22/h3-6,11H,1-2,7-8H2,(H,15,20)(H3,14,16,23)(H,24,25,26)/t11-,28+/m1/s1. The molecule has 0 radical (unpaired) electrons. The number of benzene rings is 1. The zero-order valence-electron chi connectivity index (χ0n) is 14.8. The van der Waals surface area contributed by atoms with E-state index in [0.717, 1.165) is 0 Å². The van der Waals surface area contributed by atoms with E-state index in [2.05, 4.69) is 5.32 Å². The van der Waals surface area contributed by atoms with Gasteiger partial charge in [-0.25, -0.2) is 4.79 Å². The highest BCUT2D eigenvalue weighted by Crippen LogP contribution is 2.40. The van der Waals surface area contributed by atoms with Gasteiger partial charge >= 0.3 is 24.0 Å². The van der Waals surface area contributed by atoms with Crippen molar-refractivity contribution in [3.63, 3.8) is 0 Å². The number of nitrogens with zero attached hydrogens (tertiary/aromatic N) is 2. The molecule has 2 atom stereocenters. The van der Waals surface area contributed by atoms with Crippen LogP contribution in [0.1, 0.15) is 18.4 Å². The van der Waals surface area contributed by atoms with Gasteiger partial charge in [0.25, 0.3) is 11.6 Å². The summed E-state index contributed by atoms with van der Waals surface area (Å²) in [5.74, 6) is -0.912. The Balaban J connectivity index is 1.94. The smallest absolute Gasteiger partial charge is 0.408 e. The van der Waals surface area contributed by atoms with E-state index in [9.17, 15) is 32.7 Å². The molecule has 1 saturated heterocycles. The number of non-ortho nitro benzene ring substituents is 1. The van der Waals surface area contributed by atoms with Gasteiger partial charge < -0.3 is 10.1 Å². The van der Waals surface area contributed by atoms with Gasteiger partial charge in [-0.2, -0.15) is 8.42 Å². The molecule has 0 aliphatic carbocycles. The third-order valence-electron chi connectivity index (χ3n) is 3.83. The van der Waals surface area contributed by atoms with E-state index in [0.29, 0.717) is 10.2 Å².